The Labute approximate surface area is 146 Å². The summed E-state index contributed by atoms with van der Waals surface area (Å²) in [4.78, 5) is 25.0. The van der Waals surface area contributed by atoms with Crippen molar-refractivity contribution in [1.29, 1.82) is 0 Å². The van der Waals surface area contributed by atoms with Gasteiger partial charge in [-0.15, -0.1) is 0 Å². The van der Waals surface area contributed by atoms with Crippen molar-refractivity contribution in [1.82, 2.24) is 19.5 Å². The first-order valence-corrected chi connectivity index (χ1v) is 8.10. The molecule has 0 spiro atoms. The maximum Gasteiger partial charge on any atom is 0.288 e. The molecule has 0 fully saturated rings. The number of imidazole rings is 1. The van der Waals surface area contributed by atoms with Gasteiger partial charge in [0.1, 0.15) is 5.82 Å². The minimum Gasteiger partial charge on any atom is -0.319 e. The molecule has 25 heavy (non-hydrogen) atoms. The third-order valence-corrected chi connectivity index (χ3v) is 4.07. The van der Waals surface area contributed by atoms with Crippen molar-refractivity contribution in [2.75, 3.05) is 5.32 Å². The lowest BCUT2D eigenvalue weighted by molar-refractivity contribution is 0.102. The van der Waals surface area contributed by atoms with Crippen LogP contribution in [0.3, 0.4) is 0 Å². The van der Waals surface area contributed by atoms with E-state index in [9.17, 15) is 13.6 Å². The number of rotatable bonds is 5. The smallest absolute Gasteiger partial charge is 0.288 e. The van der Waals surface area contributed by atoms with Crippen molar-refractivity contribution in [3.63, 3.8) is 0 Å². The van der Waals surface area contributed by atoms with Gasteiger partial charge in [-0.3, -0.25) is 9.36 Å². The summed E-state index contributed by atoms with van der Waals surface area (Å²) in [7, 11) is 0. The molecule has 128 valence electrons. The molecule has 0 aliphatic carbocycles. The van der Waals surface area contributed by atoms with E-state index in [1.54, 1.807) is 29.1 Å². The number of nitrogens with zero attached hydrogens (tertiary/aromatic N) is 4. The average Bonchev–Trinajstić information content (AvgIpc) is 3.01. The standard InChI is InChI=1S/C16H13F2N5OS/c1-10-19-6-7-23(10)16-20-8-11(9-21-16)22-14(24)12-4-2-3-5-13(12)25-15(17)18/h2-9,15H,1H3,(H,22,24). The quantitative estimate of drug-likeness (QED) is 0.704. The van der Waals surface area contributed by atoms with Crippen LogP contribution in [-0.2, 0) is 0 Å². The molecule has 3 rings (SSSR count). The molecule has 0 unspecified atom stereocenters. The summed E-state index contributed by atoms with van der Waals surface area (Å²) in [6.45, 7) is 1.82. The van der Waals surface area contributed by atoms with E-state index in [0.29, 0.717) is 23.4 Å². The minimum absolute atomic E-state index is 0.169. The van der Waals surface area contributed by atoms with E-state index in [-0.39, 0.29) is 10.5 Å². The second-order valence-electron chi connectivity index (χ2n) is 4.94. The number of anilines is 1. The fourth-order valence-electron chi connectivity index (χ4n) is 2.15. The number of amides is 1. The summed E-state index contributed by atoms with van der Waals surface area (Å²) in [5.41, 5.74) is 0.533. The Bertz CT molecular complexity index is 882. The Balaban J connectivity index is 1.77. The number of hydrogen-bond donors (Lipinski definition) is 1. The summed E-state index contributed by atoms with van der Waals surface area (Å²) in [5.74, 6) is -1.95. The molecular formula is C16H13F2N5OS. The van der Waals surface area contributed by atoms with Gasteiger partial charge in [-0.1, -0.05) is 23.9 Å². The summed E-state index contributed by atoms with van der Waals surface area (Å²) in [6, 6.07) is 6.19. The van der Waals surface area contributed by atoms with Gasteiger partial charge in [0.25, 0.3) is 11.7 Å². The lowest BCUT2D eigenvalue weighted by atomic mass is 10.2. The second kappa shape index (κ2) is 7.39. The van der Waals surface area contributed by atoms with Crippen LogP contribution in [0.4, 0.5) is 14.5 Å². The number of thioether (sulfide) groups is 1. The molecule has 0 saturated heterocycles. The van der Waals surface area contributed by atoms with Crippen molar-refractivity contribution < 1.29 is 13.6 Å². The topological polar surface area (TPSA) is 72.7 Å². The Morgan fingerprint density at radius 2 is 1.92 bits per heavy atom. The molecule has 1 N–H and O–H groups in total. The van der Waals surface area contributed by atoms with Crippen LogP contribution in [0.5, 0.6) is 0 Å². The van der Waals surface area contributed by atoms with Crippen LogP contribution in [-0.4, -0.2) is 31.2 Å². The lowest BCUT2D eigenvalue weighted by Gasteiger charge is -2.09. The van der Waals surface area contributed by atoms with Crippen LogP contribution < -0.4 is 5.32 Å². The van der Waals surface area contributed by atoms with Crippen molar-refractivity contribution >= 4 is 23.4 Å². The van der Waals surface area contributed by atoms with Gasteiger partial charge in [0.15, 0.2) is 0 Å². The maximum atomic E-state index is 12.6. The number of nitrogens with one attached hydrogen (secondary N) is 1. The molecule has 6 nitrogen and oxygen atoms in total. The Morgan fingerprint density at radius 3 is 2.56 bits per heavy atom. The van der Waals surface area contributed by atoms with E-state index in [2.05, 4.69) is 20.3 Å². The number of hydrogen-bond acceptors (Lipinski definition) is 5. The molecule has 0 saturated carbocycles. The monoisotopic (exact) mass is 361 g/mol. The fraction of sp³-hybridized carbons (Fsp3) is 0.125. The highest BCUT2D eigenvalue weighted by Gasteiger charge is 2.15. The summed E-state index contributed by atoms with van der Waals surface area (Å²) in [6.07, 6.45) is 6.25. The van der Waals surface area contributed by atoms with E-state index in [4.69, 9.17) is 0 Å². The maximum absolute atomic E-state index is 12.6. The first kappa shape index (κ1) is 17.0. The Hall–Kier alpha value is -2.81. The van der Waals surface area contributed by atoms with Crippen molar-refractivity contribution in [3.05, 3.63) is 60.4 Å². The highest BCUT2D eigenvalue weighted by molar-refractivity contribution is 7.99. The third kappa shape index (κ3) is 4.00. The van der Waals surface area contributed by atoms with E-state index in [0.717, 1.165) is 5.82 Å². The van der Waals surface area contributed by atoms with Gasteiger partial charge in [-0.25, -0.2) is 15.0 Å². The molecule has 0 radical (unpaired) electrons. The minimum atomic E-state index is -2.60. The second-order valence-corrected chi connectivity index (χ2v) is 5.98. The lowest BCUT2D eigenvalue weighted by Crippen LogP contribution is -2.14. The number of aryl methyl sites for hydroxylation is 1. The van der Waals surface area contributed by atoms with Crippen LogP contribution in [0.2, 0.25) is 0 Å². The zero-order valence-electron chi connectivity index (χ0n) is 13.1. The molecule has 0 bridgehead atoms. The van der Waals surface area contributed by atoms with E-state index in [1.807, 2.05) is 6.92 Å². The third-order valence-electron chi connectivity index (χ3n) is 3.29. The van der Waals surface area contributed by atoms with Crippen LogP contribution in [0, 0.1) is 6.92 Å². The number of alkyl halides is 2. The SMILES string of the molecule is Cc1nccn1-c1ncc(NC(=O)c2ccccc2SC(F)F)cn1. The fourth-order valence-corrected chi connectivity index (χ4v) is 2.79. The van der Waals surface area contributed by atoms with Gasteiger partial charge in [0.2, 0.25) is 5.95 Å². The van der Waals surface area contributed by atoms with E-state index in [1.165, 1.54) is 24.5 Å². The summed E-state index contributed by atoms with van der Waals surface area (Å²) in [5, 5.41) is 2.61. The molecule has 9 heteroatoms. The van der Waals surface area contributed by atoms with Gasteiger partial charge in [-0.05, 0) is 19.1 Å². The number of carbonyl (C=O) groups is 1. The summed E-state index contributed by atoms with van der Waals surface area (Å²) >= 11 is 0.331. The van der Waals surface area contributed by atoms with Crippen LogP contribution in [0.25, 0.3) is 5.95 Å². The zero-order chi connectivity index (χ0) is 17.8. The molecule has 0 atom stereocenters. The van der Waals surface area contributed by atoms with E-state index < -0.39 is 11.7 Å². The van der Waals surface area contributed by atoms with Gasteiger partial charge < -0.3 is 5.32 Å². The number of halogens is 2. The first-order chi connectivity index (χ1) is 12.0. The van der Waals surface area contributed by atoms with Gasteiger partial charge in [-0.2, -0.15) is 8.78 Å². The molecule has 3 aromatic rings. The zero-order valence-corrected chi connectivity index (χ0v) is 13.9. The number of carbonyl (C=O) groups excluding carboxylic acids is 1. The Kier molecular flexibility index (Phi) is 5.03. The molecule has 1 aromatic carbocycles. The molecule has 1 amide bonds. The molecule has 2 heterocycles. The molecule has 0 aliphatic heterocycles. The van der Waals surface area contributed by atoms with Gasteiger partial charge >= 0.3 is 0 Å². The highest BCUT2D eigenvalue weighted by atomic mass is 32.2. The number of aromatic nitrogens is 4. The van der Waals surface area contributed by atoms with Crippen LogP contribution in [0.1, 0.15) is 16.2 Å². The Morgan fingerprint density at radius 1 is 1.20 bits per heavy atom. The van der Waals surface area contributed by atoms with Crippen molar-refractivity contribution in [3.8, 4) is 5.95 Å². The number of benzene rings is 1. The molecule has 2 aromatic heterocycles. The largest absolute Gasteiger partial charge is 0.319 e. The first-order valence-electron chi connectivity index (χ1n) is 7.22. The average molecular weight is 361 g/mol. The predicted molar refractivity (Wildman–Crippen MR) is 90.1 cm³/mol. The van der Waals surface area contributed by atoms with Crippen molar-refractivity contribution in [2.45, 2.75) is 17.6 Å². The molecule has 0 aliphatic rings. The predicted octanol–water partition coefficient (Wildman–Crippen LogP) is 3.54. The van der Waals surface area contributed by atoms with Crippen LogP contribution >= 0.6 is 11.8 Å². The van der Waals surface area contributed by atoms with Gasteiger partial charge in [0.05, 0.1) is 23.6 Å². The van der Waals surface area contributed by atoms with Crippen LogP contribution in [0.15, 0.2) is 53.9 Å². The van der Waals surface area contributed by atoms with Crippen molar-refractivity contribution in [2.24, 2.45) is 0 Å². The van der Waals surface area contributed by atoms with Gasteiger partial charge in [0, 0.05) is 17.3 Å². The highest BCUT2D eigenvalue weighted by Crippen LogP contribution is 2.28. The normalized spacial score (nSPS) is 10.9. The summed E-state index contributed by atoms with van der Waals surface area (Å²) < 4.78 is 26.9. The van der Waals surface area contributed by atoms with E-state index >= 15 is 0 Å². The molecular weight excluding hydrogens is 348 g/mol.